The molecule has 0 aliphatic rings. The first-order valence-corrected chi connectivity index (χ1v) is 6.64. The molecule has 0 amide bonds. The molecule has 2 aromatic heterocycles. The molecule has 0 bridgehead atoms. The molecular weight excluding hydrogens is 261 g/mol. The van der Waals surface area contributed by atoms with Gasteiger partial charge in [0.05, 0.1) is 10.4 Å². The van der Waals surface area contributed by atoms with E-state index in [0.717, 1.165) is 21.2 Å². The number of aromatic nitrogens is 1. The maximum atomic E-state index is 6.31. The van der Waals surface area contributed by atoms with Crippen LogP contribution < -0.4 is 0 Å². The zero-order valence-corrected chi connectivity index (χ0v) is 11.1. The average Bonchev–Trinajstić information content (AvgIpc) is 2.68. The van der Waals surface area contributed by atoms with Crippen molar-refractivity contribution in [2.75, 3.05) is 0 Å². The number of thiophene rings is 1. The van der Waals surface area contributed by atoms with Gasteiger partial charge in [0, 0.05) is 23.2 Å². The highest BCUT2D eigenvalue weighted by Crippen LogP contribution is 2.34. The topological polar surface area (TPSA) is 12.9 Å². The van der Waals surface area contributed by atoms with Crippen molar-refractivity contribution in [2.24, 2.45) is 0 Å². The molecule has 84 valence electrons. The van der Waals surface area contributed by atoms with Gasteiger partial charge in [-0.2, -0.15) is 0 Å². The summed E-state index contributed by atoms with van der Waals surface area (Å²) in [4.78, 5) is 5.35. The number of pyridine rings is 1. The number of halogens is 2. The highest BCUT2D eigenvalue weighted by Gasteiger charge is 2.14. The molecule has 16 heavy (non-hydrogen) atoms. The Labute approximate surface area is 109 Å². The standard InChI is InChI=1S/C12H11Cl2NS/c1-8-2-3-9(15-7-8)6-11(14)12-10(13)4-5-16-12/h2-5,7,11H,6H2,1H3. The van der Waals surface area contributed by atoms with Gasteiger partial charge in [-0.3, -0.25) is 4.98 Å². The third kappa shape index (κ3) is 2.76. The van der Waals surface area contributed by atoms with Crippen LogP contribution in [0.4, 0.5) is 0 Å². The highest BCUT2D eigenvalue weighted by atomic mass is 35.5. The molecule has 1 atom stereocenters. The van der Waals surface area contributed by atoms with Crippen molar-refractivity contribution in [3.8, 4) is 0 Å². The first kappa shape index (κ1) is 11.9. The van der Waals surface area contributed by atoms with Crippen LogP contribution in [-0.2, 0) is 6.42 Å². The number of aryl methyl sites for hydroxylation is 1. The van der Waals surface area contributed by atoms with Gasteiger partial charge in [0.15, 0.2) is 0 Å². The lowest BCUT2D eigenvalue weighted by atomic mass is 10.2. The second-order valence-corrected chi connectivity index (χ2v) is 5.51. The molecule has 1 nitrogen and oxygen atoms in total. The summed E-state index contributed by atoms with van der Waals surface area (Å²) in [6, 6.07) is 5.92. The number of hydrogen-bond acceptors (Lipinski definition) is 2. The first-order valence-electron chi connectivity index (χ1n) is 4.95. The van der Waals surface area contributed by atoms with Crippen LogP contribution >= 0.6 is 34.5 Å². The fourth-order valence-electron chi connectivity index (χ4n) is 1.42. The quantitative estimate of drug-likeness (QED) is 0.742. The van der Waals surface area contributed by atoms with Crippen molar-refractivity contribution < 1.29 is 0 Å². The maximum absolute atomic E-state index is 6.31. The van der Waals surface area contributed by atoms with E-state index < -0.39 is 0 Å². The molecule has 2 heterocycles. The fraction of sp³-hybridized carbons (Fsp3) is 0.250. The van der Waals surface area contributed by atoms with Crippen molar-refractivity contribution in [1.29, 1.82) is 0 Å². The minimum atomic E-state index is -0.0947. The second kappa shape index (κ2) is 5.17. The van der Waals surface area contributed by atoms with Gasteiger partial charge in [-0.25, -0.2) is 0 Å². The first-order chi connectivity index (χ1) is 7.66. The Morgan fingerprint density at radius 3 is 2.75 bits per heavy atom. The van der Waals surface area contributed by atoms with E-state index in [1.165, 1.54) is 0 Å². The van der Waals surface area contributed by atoms with Crippen LogP contribution in [0.15, 0.2) is 29.8 Å². The van der Waals surface area contributed by atoms with Gasteiger partial charge in [-0.05, 0) is 30.0 Å². The molecule has 0 N–H and O–H groups in total. The lowest BCUT2D eigenvalue weighted by molar-refractivity contribution is 0.894. The summed E-state index contributed by atoms with van der Waals surface area (Å²) in [6.07, 6.45) is 2.57. The van der Waals surface area contributed by atoms with E-state index in [-0.39, 0.29) is 5.38 Å². The summed E-state index contributed by atoms with van der Waals surface area (Å²) < 4.78 is 0. The predicted octanol–water partition coefficient (Wildman–Crippen LogP) is 4.63. The molecule has 1 unspecified atom stereocenters. The molecule has 0 radical (unpaired) electrons. The van der Waals surface area contributed by atoms with Gasteiger partial charge < -0.3 is 0 Å². The molecule has 0 aliphatic carbocycles. The van der Waals surface area contributed by atoms with E-state index >= 15 is 0 Å². The Balaban J connectivity index is 2.10. The minimum Gasteiger partial charge on any atom is -0.261 e. The van der Waals surface area contributed by atoms with Crippen LogP contribution in [0.1, 0.15) is 21.5 Å². The van der Waals surface area contributed by atoms with Crippen molar-refractivity contribution in [3.63, 3.8) is 0 Å². The Morgan fingerprint density at radius 1 is 1.38 bits per heavy atom. The third-order valence-electron chi connectivity index (χ3n) is 2.29. The lowest BCUT2D eigenvalue weighted by Crippen LogP contribution is -1.96. The normalized spacial score (nSPS) is 12.7. The van der Waals surface area contributed by atoms with Crippen LogP contribution in [-0.4, -0.2) is 4.98 Å². The van der Waals surface area contributed by atoms with Crippen molar-refractivity contribution in [2.45, 2.75) is 18.7 Å². The zero-order chi connectivity index (χ0) is 11.5. The van der Waals surface area contributed by atoms with E-state index in [1.807, 2.05) is 36.7 Å². The SMILES string of the molecule is Cc1ccc(CC(Cl)c2sccc2Cl)nc1. The highest BCUT2D eigenvalue weighted by molar-refractivity contribution is 7.11. The van der Waals surface area contributed by atoms with Gasteiger partial charge in [-0.1, -0.05) is 17.7 Å². The van der Waals surface area contributed by atoms with Crippen molar-refractivity contribution in [1.82, 2.24) is 4.98 Å². The van der Waals surface area contributed by atoms with Crippen LogP contribution in [0.25, 0.3) is 0 Å². The molecule has 0 saturated carbocycles. The van der Waals surface area contributed by atoms with Gasteiger partial charge in [0.1, 0.15) is 0 Å². The summed E-state index contributed by atoms with van der Waals surface area (Å²) in [5.41, 5.74) is 2.15. The van der Waals surface area contributed by atoms with E-state index in [2.05, 4.69) is 4.98 Å². The largest absolute Gasteiger partial charge is 0.261 e. The Hall–Kier alpha value is -0.570. The van der Waals surface area contributed by atoms with E-state index in [9.17, 15) is 0 Å². The monoisotopic (exact) mass is 271 g/mol. The summed E-state index contributed by atoms with van der Waals surface area (Å²) in [5.74, 6) is 0. The number of hydrogen-bond donors (Lipinski definition) is 0. The van der Waals surface area contributed by atoms with Crippen LogP contribution in [0.2, 0.25) is 5.02 Å². The molecule has 2 rings (SSSR count). The fourth-order valence-corrected chi connectivity index (χ4v) is 3.08. The average molecular weight is 272 g/mol. The van der Waals surface area contributed by atoms with E-state index in [0.29, 0.717) is 6.42 Å². The van der Waals surface area contributed by atoms with Crippen molar-refractivity contribution >= 4 is 34.5 Å². The molecule has 0 fully saturated rings. The zero-order valence-electron chi connectivity index (χ0n) is 8.78. The van der Waals surface area contributed by atoms with Gasteiger partial charge in [-0.15, -0.1) is 22.9 Å². The van der Waals surface area contributed by atoms with E-state index in [1.54, 1.807) is 11.3 Å². The lowest BCUT2D eigenvalue weighted by Gasteiger charge is -2.07. The summed E-state index contributed by atoms with van der Waals surface area (Å²) in [6.45, 7) is 2.02. The smallest absolute Gasteiger partial charge is 0.0748 e. The molecule has 0 saturated heterocycles. The number of alkyl halides is 1. The predicted molar refractivity (Wildman–Crippen MR) is 70.6 cm³/mol. The van der Waals surface area contributed by atoms with Crippen molar-refractivity contribution in [3.05, 3.63) is 50.9 Å². The second-order valence-electron chi connectivity index (χ2n) is 3.63. The molecule has 0 aromatic carbocycles. The van der Waals surface area contributed by atoms with Gasteiger partial charge >= 0.3 is 0 Å². The van der Waals surface area contributed by atoms with Crippen LogP contribution in [0, 0.1) is 6.92 Å². The summed E-state index contributed by atoms with van der Waals surface area (Å²) in [5, 5.41) is 2.61. The summed E-state index contributed by atoms with van der Waals surface area (Å²) in [7, 11) is 0. The Morgan fingerprint density at radius 2 is 2.19 bits per heavy atom. The minimum absolute atomic E-state index is 0.0947. The molecule has 0 aliphatic heterocycles. The number of nitrogens with zero attached hydrogens (tertiary/aromatic N) is 1. The third-order valence-corrected chi connectivity index (χ3v) is 4.26. The maximum Gasteiger partial charge on any atom is 0.0748 e. The summed E-state index contributed by atoms with van der Waals surface area (Å²) >= 11 is 13.9. The Bertz CT molecular complexity index is 464. The molecule has 0 spiro atoms. The molecule has 4 heteroatoms. The Kier molecular flexibility index (Phi) is 3.85. The molecular formula is C12H11Cl2NS. The molecule has 2 aromatic rings. The van der Waals surface area contributed by atoms with Gasteiger partial charge in [0.2, 0.25) is 0 Å². The van der Waals surface area contributed by atoms with Crippen LogP contribution in [0.3, 0.4) is 0 Å². The van der Waals surface area contributed by atoms with Crippen LogP contribution in [0.5, 0.6) is 0 Å². The number of rotatable bonds is 3. The van der Waals surface area contributed by atoms with E-state index in [4.69, 9.17) is 23.2 Å². The van der Waals surface area contributed by atoms with Gasteiger partial charge in [0.25, 0.3) is 0 Å².